The number of nitrogens with one attached hydrogen (secondary N) is 1. The van der Waals surface area contributed by atoms with Crippen LogP contribution >= 0.6 is 0 Å². The molecule has 0 amide bonds. The Morgan fingerprint density at radius 1 is 1.17 bits per heavy atom. The third-order valence-corrected chi connectivity index (χ3v) is 3.37. The van der Waals surface area contributed by atoms with Gasteiger partial charge in [-0.25, -0.2) is 0 Å². The monoisotopic (exact) mass is 257 g/mol. The molecule has 0 aliphatic heterocycles. The summed E-state index contributed by atoms with van der Waals surface area (Å²) < 4.78 is 11.5. The van der Waals surface area contributed by atoms with Gasteiger partial charge in [0.1, 0.15) is 0 Å². The maximum absolute atomic E-state index is 5.99. The molecule has 1 N–H and O–H groups in total. The summed E-state index contributed by atoms with van der Waals surface area (Å²) in [6, 6.07) is 0.559. The third kappa shape index (κ3) is 6.72. The highest BCUT2D eigenvalue weighted by Crippen LogP contribution is 2.21. The molecule has 0 bridgehead atoms. The molecule has 3 heteroatoms. The van der Waals surface area contributed by atoms with Gasteiger partial charge >= 0.3 is 0 Å². The molecule has 3 nitrogen and oxygen atoms in total. The molecule has 18 heavy (non-hydrogen) atoms. The van der Waals surface area contributed by atoms with Crippen LogP contribution in [0.15, 0.2) is 0 Å². The second kappa shape index (κ2) is 9.76. The molecule has 0 radical (unpaired) electrons. The SMILES string of the molecule is CCCNC1CCCCC1OCCOCC(C)C. The Balaban J connectivity index is 2.12. The first-order valence-electron chi connectivity index (χ1n) is 7.66. The second-order valence-corrected chi connectivity index (χ2v) is 5.72. The molecule has 2 atom stereocenters. The molecule has 0 spiro atoms. The summed E-state index contributed by atoms with van der Waals surface area (Å²) in [6.07, 6.45) is 6.70. The molecule has 1 saturated carbocycles. The highest BCUT2D eigenvalue weighted by molar-refractivity contribution is 4.81. The minimum atomic E-state index is 0.396. The topological polar surface area (TPSA) is 30.5 Å². The molecule has 0 aromatic heterocycles. The molecule has 1 aliphatic rings. The van der Waals surface area contributed by atoms with Crippen LogP contribution in [-0.2, 0) is 9.47 Å². The van der Waals surface area contributed by atoms with Crippen molar-refractivity contribution < 1.29 is 9.47 Å². The zero-order valence-corrected chi connectivity index (χ0v) is 12.4. The van der Waals surface area contributed by atoms with Crippen molar-refractivity contribution in [2.75, 3.05) is 26.4 Å². The van der Waals surface area contributed by atoms with Crippen molar-refractivity contribution in [2.45, 2.75) is 65.0 Å². The summed E-state index contributed by atoms with van der Waals surface area (Å²) in [4.78, 5) is 0. The third-order valence-electron chi connectivity index (χ3n) is 3.37. The number of rotatable bonds is 9. The fourth-order valence-electron chi connectivity index (χ4n) is 2.44. The van der Waals surface area contributed by atoms with Gasteiger partial charge in [-0.1, -0.05) is 33.6 Å². The minimum absolute atomic E-state index is 0.396. The molecular formula is C15H31NO2. The molecule has 2 unspecified atom stereocenters. The lowest BCUT2D eigenvalue weighted by Crippen LogP contribution is -2.44. The minimum Gasteiger partial charge on any atom is -0.379 e. The highest BCUT2D eigenvalue weighted by atomic mass is 16.5. The molecule has 1 rings (SSSR count). The van der Waals surface area contributed by atoms with Crippen molar-refractivity contribution in [3.05, 3.63) is 0 Å². The number of ether oxygens (including phenoxy) is 2. The van der Waals surface area contributed by atoms with E-state index in [1.165, 1.54) is 32.1 Å². The van der Waals surface area contributed by atoms with Gasteiger partial charge < -0.3 is 14.8 Å². The Kier molecular flexibility index (Phi) is 8.64. The molecular weight excluding hydrogens is 226 g/mol. The van der Waals surface area contributed by atoms with E-state index in [4.69, 9.17) is 9.47 Å². The summed E-state index contributed by atoms with van der Waals surface area (Å²) in [6.45, 7) is 9.97. The van der Waals surface area contributed by atoms with Crippen LogP contribution in [0.1, 0.15) is 52.9 Å². The first kappa shape index (κ1) is 15.9. The lowest BCUT2D eigenvalue weighted by molar-refractivity contribution is -0.0287. The van der Waals surface area contributed by atoms with Crippen molar-refractivity contribution in [2.24, 2.45) is 5.92 Å². The van der Waals surface area contributed by atoms with E-state index in [0.717, 1.165) is 26.4 Å². The number of hydrogen-bond acceptors (Lipinski definition) is 3. The Morgan fingerprint density at radius 2 is 1.94 bits per heavy atom. The molecule has 0 aromatic carbocycles. The zero-order valence-electron chi connectivity index (χ0n) is 12.4. The van der Waals surface area contributed by atoms with Gasteiger partial charge in [-0.05, 0) is 31.7 Å². The van der Waals surface area contributed by atoms with Crippen LogP contribution in [0.4, 0.5) is 0 Å². The van der Waals surface area contributed by atoms with Crippen LogP contribution in [0.3, 0.4) is 0 Å². The van der Waals surface area contributed by atoms with Gasteiger partial charge in [0.05, 0.1) is 19.3 Å². The van der Waals surface area contributed by atoms with Crippen molar-refractivity contribution in [3.63, 3.8) is 0 Å². The van der Waals surface area contributed by atoms with Gasteiger partial charge in [-0.2, -0.15) is 0 Å². The first-order valence-corrected chi connectivity index (χ1v) is 7.66. The van der Waals surface area contributed by atoms with E-state index in [1.807, 2.05) is 0 Å². The molecule has 0 saturated heterocycles. The fraction of sp³-hybridized carbons (Fsp3) is 1.00. The van der Waals surface area contributed by atoms with Gasteiger partial charge in [0.25, 0.3) is 0 Å². The standard InChI is InChI=1S/C15H31NO2/c1-4-9-16-14-7-5-6-8-15(14)18-11-10-17-12-13(2)3/h13-16H,4-12H2,1-3H3. The van der Waals surface area contributed by atoms with Gasteiger partial charge in [-0.3, -0.25) is 0 Å². The zero-order chi connectivity index (χ0) is 13.2. The first-order chi connectivity index (χ1) is 8.74. The van der Waals surface area contributed by atoms with Crippen LogP contribution in [0.5, 0.6) is 0 Å². The Bertz CT molecular complexity index is 197. The van der Waals surface area contributed by atoms with Crippen molar-refractivity contribution in [3.8, 4) is 0 Å². The second-order valence-electron chi connectivity index (χ2n) is 5.72. The Labute approximate surface area is 113 Å². The average molecular weight is 257 g/mol. The molecule has 0 heterocycles. The highest BCUT2D eigenvalue weighted by Gasteiger charge is 2.24. The van der Waals surface area contributed by atoms with Gasteiger partial charge in [0.15, 0.2) is 0 Å². The Morgan fingerprint density at radius 3 is 2.67 bits per heavy atom. The maximum atomic E-state index is 5.99. The van der Waals surface area contributed by atoms with Crippen LogP contribution < -0.4 is 5.32 Å². The van der Waals surface area contributed by atoms with E-state index < -0.39 is 0 Å². The lowest BCUT2D eigenvalue weighted by atomic mass is 9.92. The van der Waals surface area contributed by atoms with E-state index in [2.05, 4.69) is 26.1 Å². The summed E-state index contributed by atoms with van der Waals surface area (Å²) in [5.74, 6) is 0.610. The number of hydrogen-bond donors (Lipinski definition) is 1. The van der Waals surface area contributed by atoms with Gasteiger partial charge in [0.2, 0.25) is 0 Å². The Hall–Kier alpha value is -0.120. The molecule has 108 valence electrons. The van der Waals surface area contributed by atoms with Crippen molar-refractivity contribution >= 4 is 0 Å². The van der Waals surface area contributed by atoms with E-state index in [1.54, 1.807) is 0 Å². The smallest absolute Gasteiger partial charge is 0.0729 e. The quantitative estimate of drug-likeness (QED) is 0.644. The van der Waals surface area contributed by atoms with E-state index in [-0.39, 0.29) is 0 Å². The summed E-state index contributed by atoms with van der Waals surface area (Å²) in [5, 5.41) is 3.61. The summed E-state index contributed by atoms with van der Waals surface area (Å²) in [5.41, 5.74) is 0. The maximum Gasteiger partial charge on any atom is 0.0729 e. The van der Waals surface area contributed by atoms with Crippen LogP contribution in [0.25, 0.3) is 0 Å². The van der Waals surface area contributed by atoms with Gasteiger partial charge in [-0.15, -0.1) is 0 Å². The summed E-state index contributed by atoms with van der Waals surface area (Å²) >= 11 is 0. The van der Waals surface area contributed by atoms with E-state index in [0.29, 0.717) is 18.1 Å². The average Bonchev–Trinajstić information content (AvgIpc) is 2.36. The predicted molar refractivity (Wildman–Crippen MR) is 75.9 cm³/mol. The molecule has 0 aromatic rings. The predicted octanol–water partition coefficient (Wildman–Crippen LogP) is 2.99. The molecule has 1 aliphatic carbocycles. The van der Waals surface area contributed by atoms with E-state index in [9.17, 15) is 0 Å². The molecule has 1 fully saturated rings. The lowest BCUT2D eigenvalue weighted by Gasteiger charge is -2.32. The normalized spacial score (nSPS) is 24.7. The fourth-order valence-corrected chi connectivity index (χ4v) is 2.44. The van der Waals surface area contributed by atoms with Crippen molar-refractivity contribution in [1.82, 2.24) is 5.32 Å². The largest absolute Gasteiger partial charge is 0.379 e. The van der Waals surface area contributed by atoms with Crippen LogP contribution in [-0.4, -0.2) is 38.5 Å². The van der Waals surface area contributed by atoms with E-state index >= 15 is 0 Å². The van der Waals surface area contributed by atoms with Crippen LogP contribution in [0.2, 0.25) is 0 Å². The van der Waals surface area contributed by atoms with Crippen molar-refractivity contribution in [1.29, 1.82) is 0 Å². The summed E-state index contributed by atoms with van der Waals surface area (Å²) in [7, 11) is 0. The van der Waals surface area contributed by atoms with Crippen LogP contribution in [0, 0.1) is 5.92 Å². The van der Waals surface area contributed by atoms with Gasteiger partial charge in [0, 0.05) is 12.6 Å².